The first-order chi connectivity index (χ1) is 13.7. The van der Waals surface area contributed by atoms with Crippen molar-refractivity contribution in [3.63, 3.8) is 0 Å². The zero-order valence-electron chi connectivity index (χ0n) is 16.7. The van der Waals surface area contributed by atoms with Crippen LogP contribution in [0.25, 0.3) is 11.0 Å². The van der Waals surface area contributed by atoms with E-state index >= 15 is 0 Å². The third kappa shape index (κ3) is 4.09. The molecule has 0 atom stereocenters. The summed E-state index contributed by atoms with van der Waals surface area (Å²) in [5.74, 6) is 0.901. The Bertz CT molecular complexity index is 1200. The fourth-order valence-electron chi connectivity index (χ4n) is 3.16. The van der Waals surface area contributed by atoms with Gasteiger partial charge in [0.2, 0.25) is 0 Å². The van der Waals surface area contributed by atoms with Crippen LogP contribution in [0.3, 0.4) is 0 Å². The van der Waals surface area contributed by atoms with E-state index in [1.54, 1.807) is 25.4 Å². The van der Waals surface area contributed by atoms with Crippen molar-refractivity contribution in [2.75, 3.05) is 0 Å². The van der Waals surface area contributed by atoms with Gasteiger partial charge in [0, 0.05) is 43.1 Å². The van der Waals surface area contributed by atoms with Crippen molar-refractivity contribution in [2.45, 2.75) is 30.9 Å². The van der Waals surface area contributed by atoms with Crippen LogP contribution >= 0.6 is 11.8 Å². The van der Waals surface area contributed by atoms with Gasteiger partial charge in [0.15, 0.2) is 0 Å². The van der Waals surface area contributed by atoms with Crippen molar-refractivity contribution in [1.29, 1.82) is 0 Å². The van der Waals surface area contributed by atoms with Gasteiger partial charge < -0.3 is 0 Å². The fraction of sp³-hybridized carbons (Fsp3) is 0.350. The van der Waals surface area contributed by atoms with Gasteiger partial charge in [0.1, 0.15) is 5.65 Å². The Balaban J connectivity index is 2.11. The summed E-state index contributed by atoms with van der Waals surface area (Å²) in [6.07, 6.45) is 2.48. The smallest absolute Gasteiger partial charge is 0.280 e. The van der Waals surface area contributed by atoms with Gasteiger partial charge >= 0.3 is 5.69 Å². The molecule has 0 radical (unpaired) electrons. The Morgan fingerprint density at radius 1 is 1.14 bits per heavy atom. The second-order valence-electron chi connectivity index (χ2n) is 7.33. The monoisotopic (exact) mass is 414 g/mol. The number of aryl methyl sites for hydroxylation is 1. The van der Waals surface area contributed by atoms with Gasteiger partial charge in [-0.15, -0.1) is 11.8 Å². The van der Waals surface area contributed by atoms with Crippen LogP contribution in [-0.4, -0.2) is 19.0 Å². The van der Waals surface area contributed by atoms with Crippen molar-refractivity contribution in [1.82, 2.24) is 14.1 Å². The predicted octanol–water partition coefficient (Wildman–Crippen LogP) is 3.03. The highest BCUT2D eigenvalue weighted by Gasteiger charge is 2.18. The molecule has 152 valence electrons. The van der Waals surface area contributed by atoms with E-state index in [1.807, 2.05) is 0 Å². The molecular formula is C20H22N4O4S. The van der Waals surface area contributed by atoms with Crippen LogP contribution < -0.4 is 11.2 Å². The van der Waals surface area contributed by atoms with Crippen molar-refractivity contribution < 1.29 is 4.92 Å². The molecule has 2 aromatic heterocycles. The van der Waals surface area contributed by atoms with Crippen LogP contribution in [0, 0.1) is 16.0 Å². The number of benzene rings is 1. The van der Waals surface area contributed by atoms with Crippen LogP contribution in [0.4, 0.5) is 5.69 Å². The molecule has 0 aliphatic rings. The quantitative estimate of drug-likeness (QED) is 0.349. The maximum absolute atomic E-state index is 12.9. The van der Waals surface area contributed by atoms with Crippen molar-refractivity contribution in [3.8, 4) is 0 Å². The lowest BCUT2D eigenvalue weighted by molar-refractivity contribution is -0.384. The van der Waals surface area contributed by atoms with Crippen LogP contribution in [0.15, 0.2) is 44.9 Å². The standard InChI is InChI=1S/C20H22N4O4S/c1-12(2)9-14-10-21-18-16(19(25)23(4)20(26)22(18)3)17(14)29-11-13-5-7-15(8-6-13)24(27)28/h5-8,10,12H,9,11H2,1-4H3. The first kappa shape index (κ1) is 20.8. The average Bonchev–Trinajstić information content (AvgIpc) is 2.69. The number of non-ortho nitro benzene ring substituents is 1. The molecule has 8 nitrogen and oxygen atoms in total. The molecule has 0 amide bonds. The summed E-state index contributed by atoms with van der Waals surface area (Å²) in [6.45, 7) is 4.18. The number of hydrogen-bond donors (Lipinski definition) is 0. The van der Waals surface area contributed by atoms with Crippen molar-refractivity contribution in [2.24, 2.45) is 20.0 Å². The first-order valence-corrected chi connectivity index (χ1v) is 10.1. The van der Waals surface area contributed by atoms with Gasteiger partial charge in [-0.1, -0.05) is 26.0 Å². The zero-order chi connectivity index (χ0) is 21.3. The minimum Gasteiger partial charge on any atom is -0.280 e. The van der Waals surface area contributed by atoms with E-state index in [0.29, 0.717) is 22.7 Å². The van der Waals surface area contributed by atoms with E-state index in [4.69, 9.17) is 0 Å². The normalized spacial score (nSPS) is 11.3. The molecule has 0 N–H and O–H groups in total. The molecule has 0 bridgehead atoms. The fourth-order valence-corrected chi connectivity index (χ4v) is 4.31. The second-order valence-corrected chi connectivity index (χ2v) is 8.31. The van der Waals surface area contributed by atoms with E-state index in [0.717, 1.165) is 27.0 Å². The lowest BCUT2D eigenvalue weighted by atomic mass is 10.0. The number of rotatable bonds is 6. The third-order valence-corrected chi connectivity index (χ3v) is 5.89. The van der Waals surface area contributed by atoms with E-state index in [-0.39, 0.29) is 11.2 Å². The molecule has 2 heterocycles. The highest BCUT2D eigenvalue weighted by molar-refractivity contribution is 7.98. The summed E-state index contributed by atoms with van der Waals surface area (Å²) in [6, 6.07) is 6.37. The molecule has 0 saturated carbocycles. The molecule has 3 aromatic rings. The molecule has 1 aromatic carbocycles. The molecule has 0 unspecified atom stereocenters. The van der Waals surface area contributed by atoms with Gasteiger partial charge in [0.05, 0.1) is 10.3 Å². The molecule has 0 aliphatic carbocycles. The number of aromatic nitrogens is 3. The van der Waals surface area contributed by atoms with Gasteiger partial charge in [-0.25, -0.2) is 9.78 Å². The minimum absolute atomic E-state index is 0.0393. The van der Waals surface area contributed by atoms with Gasteiger partial charge in [-0.05, 0) is 23.5 Å². The van der Waals surface area contributed by atoms with Crippen LogP contribution in [0.1, 0.15) is 25.0 Å². The number of nitrogens with zero attached hydrogens (tertiary/aromatic N) is 4. The summed E-state index contributed by atoms with van der Waals surface area (Å²) in [4.78, 5) is 40.8. The predicted molar refractivity (Wildman–Crippen MR) is 113 cm³/mol. The molecule has 0 saturated heterocycles. The molecule has 29 heavy (non-hydrogen) atoms. The second kappa shape index (κ2) is 8.20. The number of nitro groups is 1. The average molecular weight is 414 g/mol. The summed E-state index contributed by atoms with van der Waals surface area (Å²) in [5.41, 5.74) is 1.47. The molecule has 0 aliphatic heterocycles. The number of hydrogen-bond acceptors (Lipinski definition) is 6. The molecule has 0 spiro atoms. The maximum Gasteiger partial charge on any atom is 0.332 e. The Morgan fingerprint density at radius 2 is 1.79 bits per heavy atom. The summed E-state index contributed by atoms with van der Waals surface area (Å²) in [5, 5.41) is 11.3. The molecule has 0 fully saturated rings. The van der Waals surface area contributed by atoms with Crippen LogP contribution in [0.5, 0.6) is 0 Å². The van der Waals surface area contributed by atoms with E-state index in [1.165, 1.54) is 35.5 Å². The molecule has 3 rings (SSSR count). The SMILES string of the molecule is CC(C)Cc1cnc2c(c1SCc1ccc([N+](=O)[O-])cc1)c(=O)n(C)c(=O)n2C. The summed E-state index contributed by atoms with van der Waals surface area (Å²) in [7, 11) is 3.06. The van der Waals surface area contributed by atoms with E-state index in [2.05, 4.69) is 18.8 Å². The Morgan fingerprint density at radius 3 is 2.38 bits per heavy atom. The van der Waals surface area contributed by atoms with Gasteiger partial charge in [-0.2, -0.15) is 0 Å². The lowest BCUT2D eigenvalue weighted by Crippen LogP contribution is -2.37. The minimum atomic E-state index is -0.432. The number of nitro benzene ring substituents is 1. The van der Waals surface area contributed by atoms with Gasteiger partial charge in [0.25, 0.3) is 11.2 Å². The Labute approximate surface area is 171 Å². The first-order valence-electron chi connectivity index (χ1n) is 9.14. The highest BCUT2D eigenvalue weighted by Crippen LogP contribution is 2.32. The summed E-state index contributed by atoms with van der Waals surface area (Å²) < 4.78 is 2.48. The maximum atomic E-state index is 12.9. The zero-order valence-corrected chi connectivity index (χ0v) is 17.5. The largest absolute Gasteiger partial charge is 0.332 e. The van der Waals surface area contributed by atoms with E-state index in [9.17, 15) is 19.7 Å². The Kier molecular flexibility index (Phi) is 5.88. The topological polar surface area (TPSA) is 100 Å². The van der Waals surface area contributed by atoms with Crippen molar-refractivity contribution >= 4 is 28.5 Å². The van der Waals surface area contributed by atoms with Crippen molar-refractivity contribution in [3.05, 3.63) is 72.5 Å². The molecule has 9 heteroatoms. The molecular weight excluding hydrogens is 392 g/mol. The number of pyridine rings is 1. The van der Waals surface area contributed by atoms with Crippen LogP contribution in [-0.2, 0) is 26.3 Å². The van der Waals surface area contributed by atoms with E-state index < -0.39 is 10.6 Å². The highest BCUT2D eigenvalue weighted by atomic mass is 32.2. The number of thioether (sulfide) groups is 1. The summed E-state index contributed by atoms with van der Waals surface area (Å²) >= 11 is 1.48. The van der Waals surface area contributed by atoms with Gasteiger partial charge in [-0.3, -0.25) is 24.0 Å². The van der Waals surface area contributed by atoms with Crippen LogP contribution in [0.2, 0.25) is 0 Å². The lowest BCUT2D eigenvalue weighted by Gasteiger charge is -2.15. The third-order valence-electron chi connectivity index (χ3n) is 4.65. The Hall–Kier alpha value is -2.94. The number of fused-ring (bicyclic) bond motifs is 1.